The normalized spacial score (nSPS) is 20.1. The van der Waals surface area contributed by atoms with Crippen LogP contribution in [0.3, 0.4) is 0 Å². The van der Waals surface area contributed by atoms with E-state index in [4.69, 9.17) is 0 Å². The molecule has 0 amide bonds. The highest BCUT2D eigenvalue weighted by Crippen LogP contribution is 2.30. The smallest absolute Gasteiger partial charge is 0.0541 e. The first-order valence-electron chi connectivity index (χ1n) is 7.13. The van der Waals surface area contributed by atoms with E-state index in [9.17, 15) is 0 Å². The molecular weight excluding hydrogens is 254 g/mol. The van der Waals surface area contributed by atoms with Crippen LogP contribution in [-0.2, 0) is 6.54 Å². The predicted molar refractivity (Wildman–Crippen MR) is 83.5 cm³/mol. The molecule has 0 aromatic carbocycles. The Balaban J connectivity index is 1.63. The SMILES string of the molecule is CC1(C)CCN(CCNCc2ccccn2)CCS1. The van der Waals surface area contributed by atoms with Gasteiger partial charge in [-0.05, 0) is 25.1 Å². The van der Waals surface area contributed by atoms with Gasteiger partial charge in [-0.15, -0.1) is 0 Å². The van der Waals surface area contributed by atoms with Gasteiger partial charge in [-0.3, -0.25) is 4.98 Å². The van der Waals surface area contributed by atoms with Crippen LogP contribution in [-0.4, -0.2) is 46.6 Å². The van der Waals surface area contributed by atoms with Crippen molar-refractivity contribution in [1.82, 2.24) is 15.2 Å². The first kappa shape index (κ1) is 14.8. The lowest BCUT2D eigenvalue weighted by Gasteiger charge is -2.22. The molecule has 0 atom stereocenters. The van der Waals surface area contributed by atoms with E-state index in [1.54, 1.807) is 0 Å². The third-order valence-corrected chi connectivity index (χ3v) is 4.94. The van der Waals surface area contributed by atoms with Gasteiger partial charge in [-0.25, -0.2) is 0 Å². The zero-order valence-electron chi connectivity index (χ0n) is 12.1. The number of pyridine rings is 1. The summed E-state index contributed by atoms with van der Waals surface area (Å²) in [4.78, 5) is 6.89. The number of aromatic nitrogens is 1. The van der Waals surface area contributed by atoms with Crippen LogP contribution in [0.25, 0.3) is 0 Å². The van der Waals surface area contributed by atoms with Crippen molar-refractivity contribution in [2.75, 3.05) is 31.9 Å². The van der Waals surface area contributed by atoms with Crippen molar-refractivity contribution >= 4 is 11.8 Å². The Labute approximate surface area is 121 Å². The van der Waals surface area contributed by atoms with Crippen LogP contribution in [0.4, 0.5) is 0 Å². The van der Waals surface area contributed by atoms with Gasteiger partial charge in [0.25, 0.3) is 0 Å². The fourth-order valence-corrected chi connectivity index (χ4v) is 3.38. The molecule has 0 spiro atoms. The van der Waals surface area contributed by atoms with Gasteiger partial charge in [0.15, 0.2) is 0 Å². The molecule has 1 aromatic heterocycles. The minimum absolute atomic E-state index is 0.455. The lowest BCUT2D eigenvalue weighted by atomic mass is 10.1. The number of hydrogen-bond donors (Lipinski definition) is 1. The summed E-state index contributed by atoms with van der Waals surface area (Å²) in [5, 5.41) is 3.48. The van der Waals surface area contributed by atoms with E-state index >= 15 is 0 Å². The molecule has 4 heteroatoms. The Kier molecular flexibility index (Phi) is 5.67. The molecular formula is C15H25N3S. The standard InChI is InChI=1S/C15H25N3S/c1-15(2)6-9-18(11-12-19-15)10-8-16-13-14-5-3-4-7-17-14/h3-5,7,16H,6,8-13H2,1-2H3. The minimum Gasteiger partial charge on any atom is -0.310 e. The molecule has 1 aliphatic rings. The van der Waals surface area contributed by atoms with Crippen LogP contribution in [0.2, 0.25) is 0 Å². The largest absolute Gasteiger partial charge is 0.310 e. The molecule has 0 unspecified atom stereocenters. The second-order valence-corrected chi connectivity index (χ2v) is 7.50. The van der Waals surface area contributed by atoms with Gasteiger partial charge in [0, 0.05) is 42.9 Å². The van der Waals surface area contributed by atoms with Gasteiger partial charge < -0.3 is 10.2 Å². The third kappa shape index (κ3) is 5.51. The molecule has 0 radical (unpaired) electrons. The lowest BCUT2D eigenvalue weighted by molar-refractivity contribution is 0.283. The molecule has 106 valence electrons. The zero-order valence-corrected chi connectivity index (χ0v) is 12.9. The van der Waals surface area contributed by atoms with Crippen molar-refractivity contribution in [3.8, 4) is 0 Å². The topological polar surface area (TPSA) is 28.2 Å². The Morgan fingerprint density at radius 3 is 3.05 bits per heavy atom. The van der Waals surface area contributed by atoms with Gasteiger partial charge in [-0.2, -0.15) is 11.8 Å². The highest BCUT2D eigenvalue weighted by molar-refractivity contribution is 8.00. The Bertz CT molecular complexity index is 367. The molecule has 2 heterocycles. The average molecular weight is 279 g/mol. The summed E-state index contributed by atoms with van der Waals surface area (Å²) in [5.41, 5.74) is 1.12. The van der Waals surface area contributed by atoms with E-state index in [0.717, 1.165) is 25.3 Å². The molecule has 1 aromatic rings. The van der Waals surface area contributed by atoms with E-state index in [2.05, 4.69) is 46.9 Å². The molecule has 1 N–H and O–H groups in total. The molecule has 1 fully saturated rings. The quantitative estimate of drug-likeness (QED) is 0.838. The summed E-state index contributed by atoms with van der Waals surface area (Å²) in [6.45, 7) is 10.2. The third-order valence-electron chi connectivity index (χ3n) is 3.57. The number of thioether (sulfide) groups is 1. The van der Waals surface area contributed by atoms with Gasteiger partial charge in [0.2, 0.25) is 0 Å². The summed E-state index contributed by atoms with van der Waals surface area (Å²) in [5.74, 6) is 1.26. The van der Waals surface area contributed by atoms with Crippen molar-refractivity contribution in [3.63, 3.8) is 0 Å². The van der Waals surface area contributed by atoms with Gasteiger partial charge >= 0.3 is 0 Å². The van der Waals surface area contributed by atoms with Crippen LogP contribution >= 0.6 is 11.8 Å². The molecule has 1 aliphatic heterocycles. The zero-order chi connectivity index (χ0) is 13.6. The van der Waals surface area contributed by atoms with Gasteiger partial charge in [0.1, 0.15) is 0 Å². The summed E-state index contributed by atoms with van der Waals surface area (Å²) in [6, 6.07) is 6.07. The van der Waals surface area contributed by atoms with Crippen LogP contribution in [0.15, 0.2) is 24.4 Å². The molecule has 0 aliphatic carbocycles. The summed E-state index contributed by atoms with van der Waals surface area (Å²) in [6.07, 6.45) is 3.14. The summed E-state index contributed by atoms with van der Waals surface area (Å²) >= 11 is 2.11. The molecule has 19 heavy (non-hydrogen) atoms. The monoisotopic (exact) mass is 279 g/mol. The average Bonchev–Trinajstić information content (AvgIpc) is 2.57. The Morgan fingerprint density at radius 2 is 2.26 bits per heavy atom. The highest BCUT2D eigenvalue weighted by Gasteiger charge is 2.23. The summed E-state index contributed by atoms with van der Waals surface area (Å²) in [7, 11) is 0. The fourth-order valence-electron chi connectivity index (χ4n) is 2.24. The molecule has 0 saturated carbocycles. The molecule has 1 saturated heterocycles. The summed E-state index contributed by atoms with van der Waals surface area (Å²) < 4.78 is 0.455. The van der Waals surface area contributed by atoms with Crippen molar-refractivity contribution in [2.45, 2.75) is 31.6 Å². The number of nitrogens with zero attached hydrogens (tertiary/aromatic N) is 2. The Morgan fingerprint density at radius 1 is 1.37 bits per heavy atom. The molecule has 0 bridgehead atoms. The predicted octanol–water partition coefficient (Wildman–Crippen LogP) is 2.39. The fraction of sp³-hybridized carbons (Fsp3) is 0.667. The van der Waals surface area contributed by atoms with Crippen LogP contribution in [0.1, 0.15) is 26.0 Å². The highest BCUT2D eigenvalue weighted by atomic mass is 32.2. The molecule has 3 nitrogen and oxygen atoms in total. The lowest BCUT2D eigenvalue weighted by Crippen LogP contribution is -2.34. The van der Waals surface area contributed by atoms with E-state index in [-0.39, 0.29) is 0 Å². The van der Waals surface area contributed by atoms with E-state index in [0.29, 0.717) is 4.75 Å². The maximum Gasteiger partial charge on any atom is 0.0541 e. The van der Waals surface area contributed by atoms with Crippen molar-refractivity contribution in [1.29, 1.82) is 0 Å². The number of nitrogens with one attached hydrogen (secondary N) is 1. The second-order valence-electron chi connectivity index (χ2n) is 5.70. The van der Waals surface area contributed by atoms with E-state index in [1.165, 1.54) is 25.3 Å². The minimum atomic E-state index is 0.455. The maximum atomic E-state index is 4.32. The van der Waals surface area contributed by atoms with Crippen molar-refractivity contribution in [3.05, 3.63) is 30.1 Å². The molecule has 2 rings (SSSR count). The van der Waals surface area contributed by atoms with E-state index < -0.39 is 0 Å². The van der Waals surface area contributed by atoms with Crippen molar-refractivity contribution < 1.29 is 0 Å². The number of rotatable bonds is 5. The van der Waals surface area contributed by atoms with Gasteiger partial charge in [0.05, 0.1) is 5.69 Å². The van der Waals surface area contributed by atoms with Gasteiger partial charge in [-0.1, -0.05) is 19.9 Å². The van der Waals surface area contributed by atoms with Crippen LogP contribution in [0.5, 0.6) is 0 Å². The first-order chi connectivity index (χ1) is 9.16. The van der Waals surface area contributed by atoms with Crippen LogP contribution in [0, 0.1) is 0 Å². The van der Waals surface area contributed by atoms with Crippen molar-refractivity contribution in [2.24, 2.45) is 0 Å². The van der Waals surface area contributed by atoms with Crippen LogP contribution < -0.4 is 5.32 Å². The maximum absolute atomic E-state index is 4.32. The van der Waals surface area contributed by atoms with E-state index in [1.807, 2.05) is 18.3 Å². The second kappa shape index (κ2) is 7.27. The Hall–Kier alpha value is -0.580. The first-order valence-corrected chi connectivity index (χ1v) is 8.11. The number of hydrogen-bond acceptors (Lipinski definition) is 4.